The Balaban J connectivity index is 2.46. The largest absolute Gasteiger partial charge is 0.481 e. The lowest BCUT2D eigenvalue weighted by molar-refractivity contribution is -0.157. The minimum atomic E-state index is -1.83. The van der Waals surface area contributed by atoms with Crippen molar-refractivity contribution in [1.82, 2.24) is 5.32 Å². The van der Waals surface area contributed by atoms with E-state index < -0.39 is 53.5 Å². The van der Waals surface area contributed by atoms with E-state index in [1.165, 1.54) is 6.92 Å². The van der Waals surface area contributed by atoms with E-state index in [0.29, 0.717) is 4.90 Å². The third kappa shape index (κ3) is 4.17. The summed E-state index contributed by atoms with van der Waals surface area (Å²) in [4.78, 5) is 26.2. The van der Waals surface area contributed by atoms with Gasteiger partial charge in [-0.15, -0.1) is 0 Å². The summed E-state index contributed by atoms with van der Waals surface area (Å²) in [6.45, 7) is 3.63. The number of methoxy groups -OCH3 is 1. The Labute approximate surface area is 200 Å². The molecular formula is C25H26F3NO4S. The van der Waals surface area contributed by atoms with Crippen LogP contribution in [0.5, 0.6) is 0 Å². The number of esters is 1. The van der Waals surface area contributed by atoms with Gasteiger partial charge in [0.2, 0.25) is 0 Å². The quantitative estimate of drug-likeness (QED) is 0.509. The molecule has 0 radical (unpaired) electrons. The molecule has 5 nitrogen and oxygen atoms in total. The summed E-state index contributed by atoms with van der Waals surface area (Å²) in [5.41, 5.74) is -2.72. The van der Waals surface area contributed by atoms with Crippen molar-refractivity contribution in [3.05, 3.63) is 70.9 Å². The van der Waals surface area contributed by atoms with Crippen LogP contribution in [0.1, 0.15) is 32.3 Å². The molecule has 0 fully saturated rings. The first-order chi connectivity index (χ1) is 16.1. The minimum Gasteiger partial charge on any atom is -0.481 e. The average molecular weight is 494 g/mol. The maximum Gasteiger partial charge on any atom is 0.336 e. The number of ether oxygens (including phenoxy) is 1. The molecule has 2 N–H and O–H groups in total. The highest BCUT2D eigenvalue weighted by Crippen LogP contribution is 2.55. The summed E-state index contributed by atoms with van der Waals surface area (Å²) in [7, 11) is 1.07. The Kier molecular flexibility index (Phi) is 7.65. The van der Waals surface area contributed by atoms with Crippen LogP contribution in [-0.2, 0) is 14.3 Å². The molecule has 182 valence electrons. The Hall–Kier alpha value is -2.94. The number of hydrogen-bond acceptors (Lipinski definition) is 5. The van der Waals surface area contributed by atoms with Gasteiger partial charge in [0.25, 0.3) is 0 Å². The molecule has 2 aromatic rings. The summed E-state index contributed by atoms with van der Waals surface area (Å²) in [6, 6.07) is 9.52. The van der Waals surface area contributed by atoms with Crippen molar-refractivity contribution in [1.29, 1.82) is 0 Å². The van der Waals surface area contributed by atoms with Gasteiger partial charge in [-0.05, 0) is 37.1 Å². The first kappa shape index (κ1) is 25.7. The van der Waals surface area contributed by atoms with Crippen LogP contribution in [0.2, 0.25) is 0 Å². The lowest BCUT2D eigenvalue weighted by atomic mass is 9.57. The molecule has 0 bridgehead atoms. The predicted molar refractivity (Wildman–Crippen MR) is 122 cm³/mol. The highest BCUT2D eigenvalue weighted by Gasteiger charge is 2.60. The van der Waals surface area contributed by atoms with Crippen molar-refractivity contribution in [2.45, 2.75) is 42.5 Å². The second-order valence-electron chi connectivity index (χ2n) is 8.40. The number of carboxylic acid groups (broad SMARTS) is 1. The Morgan fingerprint density at radius 2 is 1.76 bits per heavy atom. The van der Waals surface area contributed by atoms with Crippen molar-refractivity contribution in [3.8, 4) is 0 Å². The first-order valence-electron chi connectivity index (χ1n) is 10.7. The van der Waals surface area contributed by atoms with Gasteiger partial charge in [0.05, 0.1) is 23.3 Å². The molecule has 2 aromatic carbocycles. The molecule has 3 rings (SSSR count). The van der Waals surface area contributed by atoms with Crippen LogP contribution >= 0.6 is 11.8 Å². The number of allylic oxidation sites excluding steroid dienone is 1. The molecular weight excluding hydrogens is 467 g/mol. The van der Waals surface area contributed by atoms with Crippen LogP contribution in [0.25, 0.3) is 0 Å². The number of carbonyl (C=O) groups excluding carboxylic acids is 1. The maximum atomic E-state index is 15.6. The average Bonchev–Trinajstić information content (AvgIpc) is 2.80. The van der Waals surface area contributed by atoms with E-state index in [9.17, 15) is 19.1 Å². The summed E-state index contributed by atoms with van der Waals surface area (Å²) in [6.07, 6.45) is 0. The Morgan fingerprint density at radius 1 is 1.15 bits per heavy atom. The zero-order valence-electron chi connectivity index (χ0n) is 19.2. The molecule has 0 saturated heterocycles. The highest BCUT2D eigenvalue weighted by molar-refractivity contribution is 7.99. The zero-order chi connectivity index (χ0) is 25.2. The van der Waals surface area contributed by atoms with Gasteiger partial charge < -0.3 is 15.2 Å². The van der Waals surface area contributed by atoms with Gasteiger partial charge in [-0.2, -0.15) is 0 Å². The first-order valence-corrected chi connectivity index (χ1v) is 11.5. The number of rotatable bonds is 7. The van der Waals surface area contributed by atoms with E-state index in [-0.39, 0.29) is 21.7 Å². The van der Waals surface area contributed by atoms with Crippen LogP contribution in [-0.4, -0.2) is 36.9 Å². The van der Waals surface area contributed by atoms with Crippen LogP contribution in [0.4, 0.5) is 13.2 Å². The second kappa shape index (κ2) is 10.1. The molecule has 0 aliphatic carbocycles. The number of carbonyl (C=O) groups is 2. The lowest BCUT2D eigenvalue weighted by Crippen LogP contribution is -2.60. The van der Waals surface area contributed by atoms with E-state index in [2.05, 4.69) is 5.32 Å². The van der Waals surface area contributed by atoms with Gasteiger partial charge >= 0.3 is 11.9 Å². The van der Waals surface area contributed by atoms with E-state index in [0.717, 1.165) is 31.0 Å². The predicted octanol–water partition coefficient (Wildman–Crippen LogP) is 5.31. The standard InChI is InChI=1S/C25H26F3NO4S/c1-13(2)25(24(31)32)14(3)29-18(12-26)20(23(30)33-4)21(25)19-16(27)10-11-17(28)22(19)34-15-8-6-5-7-9-15/h5-11,13-14,21,29H,12H2,1-4H3,(H,31,32). The zero-order valence-corrected chi connectivity index (χ0v) is 20.0. The van der Waals surface area contributed by atoms with Crippen LogP contribution < -0.4 is 5.32 Å². The molecule has 1 aliphatic heterocycles. The third-order valence-corrected chi connectivity index (χ3v) is 7.54. The summed E-state index contributed by atoms with van der Waals surface area (Å²) in [5.74, 6) is -6.22. The van der Waals surface area contributed by atoms with Gasteiger partial charge in [0.1, 0.15) is 23.7 Å². The molecule has 3 atom stereocenters. The number of alkyl halides is 1. The van der Waals surface area contributed by atoms with Crippen LogP contribution in [0, 0.1) is 23.0 Å². The molecule has 1 aliphatic rings. The van der Waals surface area contributed by atoms with Crippen LogP contribution in [0.15, 0.2) is 63.5 Å². The molecule has 1 heterocycles. The fourth-order valence-electron chi connectivity index (χ4n) is 4.88. The maximum absolute atomic E-state index is 15.6. The monoisotopic (exact) mass is 493 g/mol. The van der Waals surface area contributed by atoms with Gasteiger partial charge in [0.15, 0.2) is 0 Å². The van der Waals surface area contributed by atoms with Gasteiger partial charge in [-0.3, -0.25) is 4.79 Å². The number of halogens is 3. The topological polar surface area (TPSA) is 75.6 Å². The molecule has 3 unspecified atom stereocenters. The normalized spacial score (nSPS) is 22.5. The van der Waals surface area contributed by atoms with Crippen molar-refractivity contribution in [2.75, 3.05) is 13.8 Å². The molecule has 9 heteroatoms. The van der Waals surface area contributed by atoms with E-state index >= 15 is 8.78 Å². The fourth-order valence-corrected chi connectivity index (χ4v) is 5.90. The summed E-state index contributed by atoms with van der Waals surface area (Å²) >= 11 is 0.907. The molecule has 0 saturated carbocycles. The molecule has 34 heavy (non-hydrogen) atoms. The fraction of sp³-hybridized carbons (Fsp3) is 0.360. The van der Waals surface area contributed by atoms with E-state index in [4.69, 9.17) is 4.74 Å². The molecule has 0 spiro atoms. The highest BCUT2D eigenvalue weighted by atomic mass is 32.2. The van der Waals surface area contributed by atoms with E-state index in [1.807, 2.05) is 0 Å². The third-order valence-electron chi connectivity index (χ3n) is 6.41. The number of nitrogens with one attached hydrogen (secondary N) is 1. The van der Waals surface area contributed by atoms with Crippen molar-refractivity contribution in [3.63, 3.8) is 0 Å². The number of hydrogen-bond donors (Lipinski definition) is 2. The lowest BCUT2D eigenvalue weighted by Gasteiger charge is -2.49. The van der Waals surface area contributed by atoms with Gasteiger partial charge in [0, 0.05) is 22.4 Å². The Morgan fingerprint density at radius 3 is 2.29 bits per heavy atom. The summed E-state index contributed by atoms with van der Waals surface area (Å²) < 4.78 is 49.9. The second-order valence-corrected chi connectivity index (χ2v) is 9.48. The van der Waals surface area contributed by atoms with Crippen molar-refractivity contribution >= 4 is 23.7 Å². The Bertz CT molecular complexity index is 1120. The number of carboxylic acids is 1. The smallest absolute Gasteiger partial charge is 0.336 e. The number of aliphatic carboxylic acids is 1. The van der Waals surface area contributed by atoms with Gasteiger partial charge in [-0.25, -0.2) is 18.0 Å². The van der Waals surface area contributed by atoms with E-state index in [1.54, 1.807) is 44.2 Å². The van der Waals surface area contributed by atoms with Crippen molar-refractivity contribution in [2.24, 2.45) is 11.3 Å². The minimum absolute atomic E-state index is 0.170. The molecule has 0 aromatic heterocycles. The van der Waals surface area contributed by atoms with Crippen molar-refractivity contribution < 1.29 is 32.6 Å². The number of benzene rings is 2. The summed E-state index contributed by atoms with van der Waals surface area (Å²) in [5, 5.41) is 13.3. The SMILES string of the molecule is COC(=O)C1=C(CF)NC(C)C(C(=O)O)(C(C)C)C1c1c(F)ccc(F)c1Sc1ccccc1. The molecule has 0 amide bonds. The van der Waals surface area contributed by atoms with Crippen LogP contribution in [0.3, 0.4) is 0 Å². The van der Waals surface area contributed by atoms with Gasteiger partial charge in [-0.1, -0.05) is 43.8 Å².